The molecule has 4 aliphatic rings. The monoisotopic (exact) mass is 869 g/mol. The average molecular weight is 869 g/mol. The molecule has 65 heavy (non-hydrogen) atoms. The Kier molecular flexibility index (Phi) is 15.0. The predicted octanol–water partition coefficient (Wildman–Crippen LogP) is 17.2. The van der Waals surface area contributed by atoms with Crippen molar-refractivity contribution in [3.8, 4) is 45.3 Å². The molecule has 4 nitrogen and oxygen atoms in total. The average Bonchev–Trinajstić information content (AvgIpc) is 3.29. The number of allylic oxidation sites excluding steroid dienone is 10. The molecule has 2 saturated carbocycles. The Morgan fingerprint density at radius 2 is 0.862 bits per heavy atom. The zero-order valence-corrected chi connectivity index (χ0v) is 39.8. The van der Waals surface area contributed by atoms with Crippen LogP contribution in [0.2, 0.25) is 0 Å². The second-order valence-electron chi connectivity index (χ2n) is 19.5. The minimum Gasteiger partial charge on any atom is -0.507 e. The van der Waals surface area contributed by atoms with Crippen LogP contribution in [0.25, 0.3) is 33.4 Å². The van der Waals surface area contributed by atoms with Crippen molar-refractivity contribution in [2.75, 3.05) is 0 Å². The number of hydrogen-bond acceptors (Lipinski definition) is 4. The van der Waals surface area contributed by atoms with Crippen molar-refractivity contribution < 1.29 is 19.7 Å². The number of aryl methyl sites for hydroxylation is 2. The summed E-state index contributed by atoms with van der Waals surface area (Å²) in [7, 11) is 0. The molecule has 8 rings (SSSR count). The molecule has 0 aromatic heterocycles. The van der Waals surface area contributed by atoms with Gasteiger partial charge in [-0.05, 0) is 223 Å². The Hall–Kier alpha value is -5.48. The predicted molar refractivity (Wildman–Crippen MR) is 273 cm³/mol. The quantitative estimate of drug-likeness (QED) is 0.167. The molecule has 4 aliphatic carbocycles. The van der Waals surface area contributed by atoms with Crippen molar-refractivity contribution >= 4 is 11.1 Å². The Morgan fingerprint density at radius 1 is 0.477 bits per heavy atom. The standard InChI is InChI=1S/C61H72O4/c1-40-35-52(60(62)54(37-40)58-42(3)23-11-7-9-13-25-46-27-15-17-29-48(46)58)50-31-19-21-33-56(50)64-44(5)39-45(6)65-57-34-22-20-32-51(57)53-36-41(2)38-55(61(53)63)59-43(4)24-12-8-10-14-26-47-28-16-18-30-49(47)59/h19-22,25-26,31-38,44-45,62-63H,3-4,7-18,23-24,27-30,39H2,1-2,5-6H3/b46-25-,47-26-,58-48+,59-49?/t44-,45-/m0/s1. The molecule has 2 fully saturated rings. The Morgan fingerprint density at radius 3 is 1.31 bits per heavy atom. The van der Waals surface area contributed by atoms with Crippen molar-refractivity contribution in [3.05, 3.63) is 154 Å². The maximum atomic E-state index is 12.3. The largest absolute Gasteiger partial charge is 0.507 e. The summed E-state index contributed by atoms with van der Waals surface area (Å²) in [6.45, 7) is 17.7. The van der Waals surface area contributed by atoms with E-state index >= 15 is 0 Å². The van der Waals surface area contributed by atoms with Gasteiger partial charge in [-0.25, -0.2) is 0 Å². The molecule has 340 valence electrons. The molecule has 0 bridgehead atoms. The number of fused-ring (bicyclic) bond motifs is 2. The highest BCUT2D eigenvalue weighted by atomic mass is 16.5. The smallest absolute Gasteiger partial charge is 0.131 e. The Labute approximate surface area is 390 Å². The lowest BCUT2D eigenvalue weighted by Gasteiger charge is -2.27. The van der Waals surface area contributed by atoms with Gasteiger partial charge in [0.15, 0.2) is 0 Å². The maximum Gasteiger partial charge on any atom is 0.131 e. The second kappa shape index (κ2) is 21.2. The van der Waals surface area contributed by atoms with E-state index in [2.05, 4.69) is 89.4 Å². The summed E-state index contributed by atoms with van der Waals surface area (Å²) in [5.41, 5.74) is 17.5. The molecule has 2 atom stereocenters. The highest BCUT2D eigenvalue weighted by Crippen LogP contribution is 2.49. The van der Waals surface area contributed by atoms with Crippen molar-refractivity contribution in [1.29, 1.82) is 0 Å². The van der Waals surface area contributed by atoms with E-state index in [0.29, 0.717) is 17.9 Å². The Bertz CT molecular complexity index is 2360. The molecule has 0 radical (unpaired) electrons. The van der Waals surface area contributed by atoms with Gasteiger partial charge in [-0.3, -0.25) is 0 Å². The third-order valence-electron chi connectivity index (χ3n) is 14.2. The summed E-state index contributed by atoms with van der Waals surface area (Å²) in [6, 6.07) is 24.7. The van der Waals surface area contributed by atoms with Crippen LogP contribution in [0.3, 0.4) is 0 Å². The van der Waals surface area contributed by atoms with Gasteiger partial charge in [-0.15, -0.1) is 0 Å². The molecule has 0 aliphatic heterocycles. The number of aromatic hydroxyl groups is 2. The van der Waals surface area contributed by atoms with Crippen LogP contribution >= 0.6 is 0 Å². The molecule has 0 saturated heterocycles. The molecule has 0 amide bonds. The van der Waals surface area contributed by atoms with Crippen molar-refractivity contribution in [1.82, 2.24) is 0 Å². The van der Waals surface area contributed by atoms with Crippen LogP contribution in [0.1, 0.15) is 158 Å². The summed E-state index contributed by atoms with van der Waals surface area (Å²) in [4.78, 5) is 0. The van der Waals surface area contributed by atoms with Crippen LogP contribution in [0.15, 0.2) is 132 Å². The van der Waals surface area contributed by atoms with E-state index in [1.165, 1.54) is 60.8 Å². The summed E-state index contributed by atoms with van der Waals surface area (Å²) >= 11 is 0. The molecule has 4 aromatic carbocycles. The minimum absolute atomic E-state index is 0.202. The number of rotatable bonds is 10. The van der Waals surface area contributed by atoms with Crippen LogP contribution in [-0.4, -0.2) is 22.4 Å². The van der Waals surface area contributed by atoms with Crippen LogP contribution < -0.4 is 9.47 Å². The number of phenols is 2. The number of benzene rings is 4. The molecular weight excluding hydrogens is 797 g/mol. The molecular formula is C61H72O4. The fourth-order valence-electron chi connectivity index (χ4n) is 11.1. The van der Waals surface area contributed by atoms with Gasteiger partial charge in [0.1, 0.15) is 23.0 Å². The van der Waals surface area contributed by atoms with Crippen molar-refractivity contribution in [3.63, 3.8) is 0 Å². The second-order valence-corrected chi connectivity index (χ2v) is 19.5. The lowest BCUT2D eigenvalue weighted by Crippen LogP contribution is -2.23. The minimum atomic E-state index is -0.202. The molecule has 0 unspecified atom stereocenters. The van der Waals surface area contributed by atoms with Gasteiger partial charge in [0.2, 0.25) is 0 Å². The van der Waals surface area contributed by atoms with E-state index in [9.17, 15) is 10.2 Å². The van der Waals surface area contributed by atoms with E-state index in [0.717, 1.165) is 155 Å². The third-order valence-corrected chi connectivity index (χ3v) is 14.2. The fourth-order valence-corrected chi connectivity index (χ4v) is 11.1. The first-order chi connectivity index (χ1) is 31.6. The third kappa shape index (κ3) is 10.6. The van der Waals surface area contributed by atoms with Gasteiger partial charge in [0.05, 0.1) is 12.2 Å². The highest BCUT2D eigenvalue weighted by molar-refractivity contribution is 5.92. The van der Waals surface area contributed by atoms with Crippen LogP contribution in [-0.2, 0) is 0 Å². The first-order valence-electron chi connectivity index (χ1n) is 25.0. The topological polar surface area (TPSA) is 58.9 Å². The molecule has 0 heterocycles. The number of hydrogen-bond donors (Lipinski definition) is 2. The molecule has 2 N–H and O–H groups in total. The summed E-state index contributed by atoms with van der Waals surface area (Å²) in [5.74, 6) is 2.04. The number of ether oxygens (including phenoxy) is 2. The zero-order chi connectivity index (χ0) is 45.5. The normalized spacial score (nSPS) is 21.5. The van der Waals surface area contributed by atoms with Crippen LogP contribution in [0.5, 0.6) is 23.0 Å². The van der Waals surface area contributed by atoms with E-state index in [-0.39, 0.29) is 12.2 Å². The Balaban J connectivity index is 1.06. The first kappa shape index (κ1) is 46.1. The van der Waals surface area contributed by atoms with Gasteiger partial charge in [-0.2, -0.15) is 0 Å². The van der Waals surface area contributed by atoms with E-state index < -0.39 is 0 Å². The van der Waals surface area contributed by atoms with E-state index in [4.69, 9.17) is 9.47 Å². The van der Waals surface area contributed by atoms with Crippen LogP contribution in [0, 0.1) is 13.8 Å². The van der Waals surface area contributed by atoms with E-state index in [1.807, 2.05) is 36.4 Å². The van der Waals surface area contributed by atoms with Gasteiger partial charge >= 0.3 is 0 Å². The molecule has 4 heteroatoms. The number of para-hydroxylation sites is 2. The SMILES string of the molecule is C=C1CCCCC/C=C2/CCCCC2=C1c1cc(C)cc(-c2ccccc2O[C@@H](C)C[C@H](C)Oc2ccccc2-c2cc(C)cc(/C3=C4\CCCC\C4=C\CCCCCC3=C)c2O)c1O. The van der Waals surface area contributed by atoms with Gasteiger partial charge < -0.3 is 19.7 Å². The molecule has 0 spiro atoms. The van der Waals surface area contributed by atoms with Gasteiger partial charge in [-0.1, -0.05) is 74.5 Å². The maximum absolute atomic E-state index is 12.3. The zero-order valence-electron chi connectivity index (χ0n) is 39.8. The number of phenolic OH excluding ortho intramolecular Hbond substituents is 2. The summed E-state index contributed by atoms with van der Waals surface area (Å²) < 4.78 is 13.6. The lowest BCUT2D eigenvalue weighted by atomic mass is 9.79. The lowest BCUT2D eigenvalue weighted by molar-refractivity contribution is 0.131. The van der Waals surface area contributed by atoms with Gasteiger partial charge in [0, 0.05) is 39.8 Å². The van der Waals surface area contributed by atoms with Crippen molar-refractivity contribution in [2.45, 2.75) is 162 Å². The van der Waals surface area contributed by atoms with Gasteiger partial charge in [0.25, 0.3) is 0 Å². The van der Waals surface area contributed by atoms with E-state index in [1.54, 1.807) is 0 Å². The fraction of sp³-hybridized carbons (Fsp3) is 0.410. The molecule has 4 aromatic rings. The first-order valence-corrected chi connectivity index (χ1v) is 25.0. The van der Waals surface area contributed by atoms with Crippen molar-refractivity contribution in [2.24, 2.45) is 0 Å². The summed E-state index contributed by atoms with van der Waals surface area (Å²) in [5, 5.41) is 24.7. The highest BCUT2D eigenvalue weighted by Gasteiger charge is 2.27. The summed E-state index contributed by atoms with van der Waals surface area (Å²) in [6.07, 6.45) is 25.3. The van der Waals surface area contributed by atoms with Crippen LogP contribution in [0.4, 0.5) is 0 Å².